The molecule has 2 amide bonds. The zero-order chi connectivity index (χ0) is 22.2. The molecule has 3 aromatic rings. The second-order valence-electron chi connectivity index (χ2n) is 7.84. The highest BCUT2D eigenvalue weighted by atomic mass is 16.5. The van der Waals surface area contributed by atoms with Gasteiger partial charge >= 0.3 is 0 Å². The number of tetrazole rings is 1. The number of hydrogen-bond donors (Lipinski definition) is 1. The highest BCUT2D eigenvalue weighted by Gasteiger charge is 2.33. The third kappa shape index (κ3) is 3.70. The summed E-state index contributed by atoms with van der Waals surface area (Å²) in [4.78, 5) is 33.0. The smallest absolute Gasteiger partial charge is 0.293 e. The van der Waals surface area contributed by atoms with Crippen molar-refractivity contribution in [1.29, 1.82) is 0 Å². The van der Waals surface area contributed by atoms with E-state index in [-0.39, 0.29) is 18.3 Å². The van der Waals surface area contributed by atoms with Crippen LogP contribution < -0.4 is 15.0 Å². The average molecular weight is 431 g/mol. The van der Waals surface area contributed by atoms with E-state index < -0.39 is 11.9 Å². The highest BCUT2D eigenvalue weighted by molar-refractivity contribution is 6.03. The molecule has 0 saturated heterocycles. The number of aromatic nitrogens is 4. The van der Waals surface area contributed by atoms with Gasteiger partial charge in [0.05, 0.1) is 17.9 Å². The number of ether oxygens (including phenoxy) is 1. The Labute approximate surface area is 183 Å². The Morgan fingerprint density at radius 2 is 2.06 bits per heavy atom. The lowest BCUT2D eigenvalue weighted by molar-refractivity contribution is -0.120. The maximum absolute atomic E-state index is 13.0. The number of anilines is 1. The molecule has 1 atom stereocenters. The van der Waals surface area contributed by atoms with Gasteiger partial charge in [0.2, 0.25) is 0 Å². The van der Waals surface area contributed by atoms with Crippen LogP contribution in [0.5, 0.6) is 5.75 Å². The van der Waals surface area contributed by atoms with Crippen molar-refractivity contribution in [2.75, 3.05) is 18.6 Å². The summed E-state index contributed by atoms with van der Waals surface area (Å²) in [6.45, 7) is 2.35. The number of rotatable bonds is 4. The molecule has 1 aromatic heterocycles. The standard InChI is InChI=1S/C22H21N7O3/c1-13-8-15-9-19-18(10-16(15)23-13)28(2)22(31)17(12-32-19)24-21(30)20-25-27-29(26-20)11-14-6-4-3-5-7-14/h3-7,9-10,17H,8,11-12H2,1-2H3,(H,24,30)/t17-/m0/s1. The minimum atomic E-state index is -0.888. The number of benzene rings is 2. The molecule has 0 bridgehead atoms. The van der Waals surface area contributed by atoms with Gasteiger partial charge in [0, 0.05) is 19.2 Å². The molecule has 32 heavy (non-hydrogen) atoms. The number of fused-ring (bicyclic) bond motifs is 2. The van der Waals surface area contributed by atoms with Crippen molar-refractivity contribution in [3.8, 4) is 5.75 Å². The van der Waals surface area contributed by atoms with Crippen molar-refractivity contribution >= 4 is 28.9 Å². The number of carbonyl (C=O) groups is 2. The first-order chi connectivity index (χ1) is 15.5. The van der Waals surface area contributed by atoms with E-state index in [1.54, 1.807) is 7.05 Å². The van der Waals surface area contributed by atoms with E-state index in [0.717, 1.165) is 28.9 Å². The molecular weight excluding hydrogens is 410 g/mol. The fourth-order valence-electron chi connectivity index (χ4n) is 3.81. The van der Waals surface area contributed by atoms with Gasteiger partial charge in [-0.15, -0.1) is 10.2 Å². The Hall–Kier alpha value is -4.08. The number of hydrogen-bond acceptors (Lipinski definition) is 7. The quantitative estimate of drug-likeness (QED) is 0.670. The lowest BCUT2D eigenvalue weighted by Crippen LogP contribution is -2.49. The number of carbonyl (C=O) groups excluding carboxylic acids is 2. The Morgan fingerprint density at radius 3 is 2.88 bits per heavy atom. The van der Waals surface area contributed by atoms with Crippen LogP contribution in [0.4, 0.5) is 11.4 Å². The van der Waals surface area contributed by atoms with E-state index in [9.17, 15) is 9.59 Å². The molecule has 10 nitrogen and oxygen atoms in total. The van der Waals surface area contributed by atoms with E-state index in [1.165, 1.54) is 9.70 Å². The molecule has 0 radical (unpaired) electrons. The van der Waals surface area contributed by atoms with Gasteiger partial charge in [-0.3, -0.25) is 14.6 Å². The topological polar surface area (TPSA) is 115 Å². The molecule has 2 aromatic carbocycles. The van der Waals surface area contributed by atoms with Crippen molar-refractivity contribution in [2.45, 2.75) is 25.9 Å². The van der Waals surface area contributed by atoms with Crippen molar-refractivity contribution < 1.29 is 14.3 Å². The molecule has 0 aliphatic carbocycles. The van der Waals surface area contributed by atoms with E-state index in [2.05, 4.69) is 25.7 Å². The predicted molar refractivity (Wildman–Crippen MR) is 116 cm³/mol. The van der Waals surface area contributed by atoms with Crippen LogP contribution in [0.25, 0.3) is 0 Å². The number of nitrogens with zero attached hydrogens (tertiary/aromatic N) is 6. The summed E-state index contributed by atoms with van der Waals surface area (Å²) >= 11 is 0. The van der Waals surface area contributed by atoms with Crippen LogP contribution in [-0.2, 0) is 17.8 Å². The maximum atomic E-state index is 13.0. The fraction of sp³-hybridized carbons (Fsp3) is 0.273. The number of aliphatic imine (C=N–C) groups is 1. The average Bonchev–Trinajstić information content (AvgIpc) is 3.38. The van der Waals surface area contributed by atoms with Crippen LogP contribution in [0, 0.1) is 0 Å². The van der Waals surface area contributed by atoms with E-state index in [0.29, 0.717) is 18.0 Å². The highest BCUT2D eigenvalue weighted by Crippen LogP contribution is 2.39. The molecule has 1 N–H and O–H groups in total. The summed E-state index contributed by atoms with van der Waals surface area (Å²) in [5.74, 6) is -0.407. The fourth-order valence-corrected chi connectivity index (χ4v) is 3.81. The largest absolute Gasteiger partial charge is 0.489 e. The Morgan fingerprint density at radius 1 is 1.25 bits per heavy atom. The summed E-state index contributed by atoms with van der Waals surface area (Å²) < 4.78 is 5.89. The molecule has 5 rings (SSSR count). The Kier molecular flexibility index (Phi) is 4.89. The zero-order valence-electron chi connectivity index (χ0n) is 17.6. The molecule has 0 fully saturated rings. The van der Waals surface area contributed by atoms with Crippen molar-refractivity contribution in [1.82, 2.24) is 25.5 Å². The van der Waals surface area contributed by atoms with Crippen LogP contribution in [0.2, 0.25) is 0 Å². The van der Waals surface area contributed by atoms with Crippen LogP contribution in [0.1, 0.15) is 28.7 Å². The number of amides is 2. The lowest BCUT2D eigenvalue weighted by atomic mass is 10.1. The van der Waals surface area contributed by atoms with Crippen LogP contribution >= 0.6 is 0 Å². The summed E-state index contributed by atoms with van der Waals surface area (Å²) in [6, 6.07) is 12.5. The van der Waals surface area contributed by atoms with E-state index >= 15 is 0 Å². The first-order valence-corrected chi connectivity index (χ1v) is 10.2. The molecule has 2 aliphatic rings. The second kappa shape index (κ2) is 7.88. The van der Waals surface area contributed by atoms with E-state index in [4.69, 9.17) is 4.74 Å². The molecular formula is C22H21N7O3. The molecule has 0 saturated carbocycles. The third-order valence-electron chi connectivity index (χ3n) is 5.44. The van der Waals surface area contributed by atoms with Gasteiger partial charge in [-0.2, -0.15) is 4.80 Å². The molecule has 162 valence electrons. The van der Waals surface area contributed by atoms with Gasteiger partial charge in [-0.1, -0.05) is 30.3 Å². The van der Waals surface area contributed by atoms with Gasteiger partial charge in [-0.25, -0.2) is 0 Å². The molecule has 0 spiro atoms. The Bertz CT molecular complexity index is 1240. The van der Waals surface area contributed by atoms with Gasteiger partial charge < -0.3 is 15.0 Å². The lowest BCUT2D eigenvalue weighted by Gasteiger charge is -2.20. The third-order valence-corrected chi connectivity index (χ3v) is 5.44. The summed E-state index contributed by atoms with van der Waals surface area (Å²) in [5.41, 5.74) is 4.52. The SMILES string of the molecule is CC1=Nc2cc3c(cc2C1)OC[C@H](NC(=O)c1nnn(Cc2ccccc2)n1)C(=O)N3C. The molecule has 2 aliphatic heterocycles. The molecule has 10 heteroatoms. The normalized spacial score (nSPS) is 17.2. The summed E-state index contributed by atoms with van der Waals surface area (Å²) in [5, 5.41) is 14.6. The minimum Gasteiger partial charge on any atom is -0.489 e. The molecule has 0 unspecified atom stereocenters. The minimum absolute atomic E-state index is 0.00130. The van der Waals surface area contributed by atoms with Crippen molar-refractivity contribution in [3.63, 3.8) is 0 Å². The predicted octanol–water partition coefficient (Wildman–Crippen LogP) is 1.52. The summed E-state index contributed by atoms with van der Waals surface area (Å²) in [6.07, 6.45) is 0.758. The van der Waals surface area contributed by atoms with Crippen LogP contribution in [0.15, 0.2) is 47.5 Å². The first-order valence-electron chi connectivity index (χ1n) is 10.2. The second-order valence-corrected chi connectivity index (χ2v) is 7.84. The zero-order valence-corrected chi connectivity index (χ0v) is 17.6. The first kappa shape index (κ1) is 19.9. The van der Waals surface area contributed by atoms with Crippen LogP contribution in [-0.4, -0.2) is 57.4 Å². The summed E-state index contributed by atoms with van der Waals surface area (Å²) in [7, 11) is 1.65. The monoisotopic (exact) mass is 431 g/mol. The van der Waals surface area contributed by atoms with Gasteiger partial charge in [0.25, 0.3) is 17.6 Å². The van der Waals surface area contributed by atoms with Crippen molar-refractivity contribution in [2.24, 2.45) is 4.99 Å². The number of nitrogens with one attached hydrogen (secondary N) is 1. The number of likely N-dealkylation sites (N-methyl/N-ethyl adjacent to an activating group) is 1. The van der Waals surface area contributed by atoms with E-state index in [1.807, 2.05) is 49.4 Å². The van der Waals surface area contributed by atoms with Gasteiger partial charge in [-0.05, 0) is 35.4 Å². The maximum Gasteiger partial charge on any atom is 0.293 e. The Balaban J connectivity index is 1.30. The van der Waals surface area contributed by atoms with Gasteiger partial charge in [0.15, 0.2) is 0 Å². The van der Waals surface area contributed by atoms with Gasteiger partial charge in [0.1, 0.15) is 18.4 Å². The molecule has 3 heterocycles. The van der Waals surface area contributed by atoms with Crippen LogP contribution in [0.3, 0.4) is 0 Å². The van der Waals surface area contributed by atoms with Crippen molar-refractivity contribution in [3.05, 3.63) is 59.4 Å².